The summed E-state index contributed by atoms with van der Waals surface area (Å²) in [5, 5.41) is 22.2. The van der Waals surface area contributed by atoms with Gasteiger partial charge >= 0.3 is 5.97 Å². The van der Waals surface area contributed by atoms with Crippen molar-refractivity contribution in [3.63, 3.8) is 0 Å². The third-order valence-electron chi connectivity index (χ3n) is 2.96. The maximum absolute atomic E-state index is 10.8. The van der Waals surface area contributed by atoms with Crippen LogP contribution < -0.4 is 0 Å². The van der Waals surface area contributed by atoms with Crippen LogP contribution in [-0.2, 0) is 0 Å². The average molecular weight is 245 g/mol. The van der Waals surface area contributed by atoms with E-state index in [0.717, 1.165) is 25.7 Å². The van der Waals surface area contributed by atoms with Crippen LogP contribution in [0.2, 0.25) is 5.15 Å². The van der Waals surface area contributed by atoms with Crippen LogP contribution in [0.3, 0.4) is 0 Å². The molecule has 0 radical (unpaired) electrons. The molecule has 0 aromatic carbocycles. The van der Waals surface area contributed by atoms with E-state index in [1.807, 2.05) is 0 Å². The van der Waals surface area contributed by atoms with Gasteiger partial charge in [0.15, 0.2) is 5.15 Å². The number of aromatic carboxylic acids is 1. The van der Waals surface area contributed by atoms with Crippen LogP contribution in [0.25, 0.3) is 0 Å². The van der Waals surface area contributed by atoms with Crippen LogP contribution in [0, 0.1) is 0 Å². The Morgan fingerprint density at radius 3 is 2.56 bits per heavy atom. The fourth-order valence-electron chi connectivity index (χ4n) is 2.02. The molecule has 0 spiro atoms. The maximum atomic E-state index is 10.8. The molecule has 0 amide bonds. The zero-order valence-electron chi connectivity index (χ0n) is 8.64. The summed E-state index contributed by atoms with van der Waals surface area (Å²) in [7, 11) is 0. The third-order valence-corrected chi connectivity index (χ3v) is 3.24. The SMILES string of the molecule is O=C(O)c1cn([C@H]2CC[C@@H](O)CC2)nc1Cl. The van der Waals surface area contributed by atoms with Gasteiger partial charge in [0, 0.05) is 6.20 Å². The lowest BCUT2D eigenvalue weighted by Crippen LogP contribution is -2.21. The van der Waals surface area contributed by atoms with Gasteiger partial charge < -0.3 is 10.2 Å². The molecule has 0 bridgehead atoms. The predicted octanol–water partition coefficient (Wildman–Crippen LogP) is 1.71. The standard InChI is InChI=1S/C10H13ClN2O3/c11-9-8(10(15)16)5-13(12-9)6-1-3-7(14)4-2-6/h5-7,14H,1-4H2,(H,15,16)/t6-,7+. The molecule has 0 saturated heterocycles. The third kappa shape index (κ3) is 2.20. The minimum absolute atomic E-state index is 0.0265. The Balaban J connectivity index is 2.15. The number of rotatable bonds is 2. The molecule has 2 rings (SSSR count). The summed E-state index contributed by atoms with van der Waals surface area (Å²) in [6.07, 6.45) is 4.29. The Hall–Kier alpha value is -1.07. The summed E-state index contributed by atoms with van der Waals surface area (Å²) < 4.78 is 1.61. The fraction of sp³-hybridized carbons (Fsp3) is 0.600. The number of aliphatic hydroxyl groups excluding tert-OH is 1. The lowest BCUT2D eigenvalue weighted by molar-refractivity contribution is 0.0696. The van der Waals surface area contributed by atoms with Gasteiger partial charge in [0.25, 0.3) is 0 Å². The van der Waals surface area contributed by atoms with Gasteiger partial charge in [0.05, 0.1) is 12.1 Å². The number of aliphatic hydroxyl groups is 1. The van der Waals surface area contributed by atoms with Gasteiger partial charge in [-0.25, -0.2) is 4.79 Å². The molecule has 1 fully saturated rings. The van der Waals surface area contributed by atoms with Crippen LogP contribution in [0.5, 0.6) is 0 Å². The lowest BCUT2D eigenvalue weighted by Gasteiger charge is -2.25. The Labute approximate surface area is 97.6 Å². The quantitative estimate of drug-likeness (QED) is 0.831. The van der Waals surface area contributed by atoms with Gasteiger partial charge in [0.1, 0.15) is 5.56 Å². The van der Waals surface area contributed by atoms with Crippen molar-refractivity contribution < 1.29 is 15.0 Å². The summed E-state index contributed by atoms with van der Waals surface area (Å²) in [6, 6.07) is 0.147. The van der Waals surface area contributed by atoms with Crippen LogP contribution in [0.4, 0.5) is 0 Å². The second kappa shape index (κ2) is 4.43. The first-order chi connectivity index (χ1) is 7.58. The van der Waals surface area contributed by atoms with E-state index in [-0.39, 0.29) is 22.9 Å². The Morgan fingerprint density at radius 2 is 2.06 bits per heavy atom. The van der Waals surface area contributed by atoms with Crippen molar-refractivity contribution in [2.24, 2.45) is 0 Å². The zero-order valence-corrected chi connectivity index (χ0v) is 9.39. The molecule has 2 N–H and O–H groups in total. The highest BCUT2D eigenvalue weighted by Gasteiger charge is 2.23. The van der Waals surface area contributed by atoms with Crippen LogP contribution in [0.15, 0.2) is 6.20 Å². The summed E-state index contributed by atoms with van der Waals surface area (Å²) in [5.74, 6) is -1.06. The Kier molecular flexibility index (Phi) is 3.16. The number of aromatic nitrogens is 2. The molecule has 1 aliphatic rings. The van der Waals surface area contributed by atoms with Crippen molar-refractivity contribution in [2.75, 3.05) is 0 Å². The average Bonchev–Trinajstić information content (AvgIpc) is 2.61. The van der Waals surface area contributed by atoms with Crippen molar-refractivity contribution in [1.29, 1.82) is 0 Å². The summed E-state index contributed by atoms with van der Waals surface area (Å²) in [6.45, 7) is 0. The number of hydrogen-bond donors (Lipinski definition) is 2. The zero-order chi connectivity index (χ0) is 11.7. The second-order valence-corrected chi connectivity index (χ2v) is 4.44. The first kappa shape index (κ1) is 11.4. The van der Waals surface area contributed by atoms with E-state index in [9.17, 15) is 9.90 Å². The first-order valence-electron chi connectivity index (χ1n) is 5.24. The van der Waals surface area contributed by atoms with Crippen molar-refractivity contribution in [3.8, 4) is 0 Å². The number of halogens is 1. The topological polar surface area (TPSA) is 75.3 Å². The first-order valence-corrected chi connectivity index (χ1v) is 5.61. The molecule has 88 valence electrons. The Morgan fingerprint density at radius 1 is 1.44 bits per heavy atom. The fourth-order valence-corrected chi connectivity index (χ4v) is 2.24. The highest BCUT2D eigenvalue weighted by molar-refractivity contribution is 6.32. The van der Waals surface area contributed by atoms with Gasteiger partial charge in [0.2, 0.25) is 0 Å². The number of carbonyl (C=O) groups is 1. The smallest absolute Gasteiger partial charge is 0.340 e. The minimum atomic E-state index is -1.06. The van der Waals surface area contributed by atoms with E-state index in [1.165, 1.54) is 6.20 Å². The molecule has 1 aromatic heterocycles. The molecule has 1 aromatic rings. The predicted molar refractivity (Wildman–Crippen MR) is 57.7 cm³/mol. The largest absolute Gasteiger partial charge is 0.478 e. The molecule has 1 saturated carbocycles. The van der Waals surface area contributed by atoms with Gasteiger partial charge in [-0.3, -0.25) is 4.68 Å². The van der Waals surface area contributed by atoms with Gasteiger partial charge in [-0.1, -0.05) is 11.6 Å². The van der Waals surface area contributed by atoms with Crippen molar-refractivity contribution >= 4 is 17.6 Å². The van der Waals surface area contributed by atoms with Gasteiger partial charge in [-0.15, -0.1) is 0 Å². The number of carboxylic acid groups (broad SMARTS) is 1. The molecule has 0 aliphatic heterocycles. The van der Waals surface area contributed by atoms with E-state index < -0.39 is 5.97 Å². The van der Waals surface area contributed by atoms with E-state index in [0.29, 0.717) is 0 Å². The summed E-state index contributed by atoms with van der Waals surface area (Å²) in [5.41, 5.74) is 0.0350. The lowest BCUT2D eigenvalue weighted by atomic mass is 9.93. The summed E-state index contributed by atoms with van der Waals surface area (Å²) >= 11 is 5.73. The van der Waals surface area contributed by atoms with Crippen molar-refractivity contribution in [3.05, 3.63) is 16.9 Å². The van der Waals surface area contributed by atoms with E-state index >= 15 is 0 Å². The van der Waals surface area contributed by atoms with E-state index in [4.69, 9.17) is 16.7 Å². The number of hydrogen-bond acceptors (Lipinski definition) is 3. The van der Waals surface area contributed by atoms with Gasteiger partial charge in [-0.2, -0.15) is 5.10 Å². The highest BCUT2D eigenvalue weighted by atomic mass is 35.5. The molecule has 0 unspecified atom stereocenters. The molecule has 1 aliphatic carbocycles. The molecule has 0 atom stereocenters. The molecule has 5 nitrogen and oxygen atoms in total. The molecular weight excluding hydrogens is 232 g/mol. The van der Waals surface area contributed by atoms with Crippen molar-refractivity contribution in [2.45, 2.75) is 37.8 Å². The molecular formula is C10H13ClN2O3. The minimum Gasteiger partial charge on any atom is -0.478 e. The van der Waals surface area contributed by atoms with Crippen LogP contribution in [-0.4, -0.2) is 32.1 Å². The summed E-state index contributed by atoms with van der Waals surface area (Å²) in [4.78, 5) is 10.8. The molecule has 6 heteroatoms. The van der Waals surface area contributed by atoms with Crippen molar-refractivity contribution in [1.82, 2.24) is 9.78 Å². The highest BCUT2D eigenvalue weighted by Crippen LogP contribution is 2.29. The number of nitrogens with zero attached hydrogens (tertiary/aromatic N) is 2. The number of carboxylic acids is 1. The Bertz CT molecular complexity index is 397. The second-order valence-electron chi connectivity index (χ2n) is 4.08. The van der Waals surface area contributed by atoms with Crippen LogP contribution >= 0.6 is 11.6 Å². The monoisotopic (exact) mass is 244 g/mol. The van der Waals surface area contributed by atoms with Gasteiger partial charge in [-0.05, 0) is 25.7 Å². The van der Waals surface area contributed by atoms with E-state index in [2.05, 4.69) is 5.10 Å². The normalized spacial score (nSPS) is 25.6. The molecule has 1 heterocycles. The maximum Gasteiger partial charge on any atom is 0.340 e. The molecule has 16 heavy (non-hydrogen) atoms. The van der Waals surface area contributed by atoms with E-state index in [1.54, 1.807) is 4.68 Å². The van der Waals surface area contributed by atoms with Crippen LogP contribution in [0.1, 0.15) is 42.1 Å².